The largest absolute Gasteiger partial charge is 0.495 e. The molecule has 0 atom stereocenters. The van der Waals surface area contributed by atoms with Crippen molar-refractivity contribution in [3.8, 4) is 11.4 Å². The Kier molecular flexibility index (Phi) is 4.98. The average Bonchev–Trinajstić information content (AvgIpc) is 3.17. The number of imidazole rings is 1. The second-order valence-corrected chi connectivity index (χ2v) is 6.97. The van der Waals surface area contributed by atoms with E-state index in [1.807, 2.05) is 52.9 Å². The first kappa shape index (κ1) is 18.0. The van der Waals surface area contributed by atoms with Crippen LogP contribution in [0.3, 0.4) is 0 Å². The van der Waals surface area contributed by atoms with Crippen LogP contribution in [0.2, 0.25) is 0 Å². The first-order valence-electron chi connectivity index (χ1n) is 9.37. The molecule has 0 fully saturated rings. The van der Waals surface area contributed by atoms with Crippen LogP contribution < -0.4 is 4.74 Å². The summed E-state index contributed by atoms with van der Waals surface area (Å²) in [6.45, 7) is 3.37. The molecule has 0 aliphatic carbocycles. The van der Waals surface area contributed by atoms with E-state index in [2.05, 4.69) is 23.2 Å². The number of amides is 1. The van der Waals surface area contributed by atoms with E-state index in [9.17, 15) is 4.79 Å². The van der Waals surface area contributed by atoms with Crippen LogP contribution in [0, 0.1) is 6.92 Å². The Bertz CT molecular complexity index is 1040. The Hall–Kier alpha value is -3.34. The molecule has 0 radical (unpaired) electrons. The predicted molar refractivity (Wildman–Crippen MR) is 109 cm³/mol. The van der Waals surface area contributed by atoms with E-state index in [4.69, 9.17) is 4.74 Å². The molecule has 2 aromatic carbocycles. The Morgan fingerprint density at radius 1 is 1.18 bits per heavy atom. The smallest absolute Gasteiger partial charge is 0.246 e. The molecule has 4 rings (SSSR count). The van der Waals surface area contributed by atoms with Crippen molar-refractivity contribution in [1.82, 2.24) is 14.5 Å². The van der Waals surface area contributed by atoms with Crippen molar-refractivity contribution < 1.29 is 9.53 Å². The van der Waals surface area contributed by atoms with E-state index in [-0.39, 0.29) is 5.91 Å². The van der Waals surface area contributed by atoms with Crippen LogP contribution in [0.15, 0.2) is 61.1 Å². The zero-order valence-electron chi connectivity index (χ0n) is 16.1. The number of ether oxygens (including phenoxy) is 1. The van der Waals surface area contributed by atoms with Crippen molar-refractivity contribution in [2.24, 2.45) is 0 Å². The zero-order valence-corrected chi connectivity index (χ0v) is 16.1. The lowest BCUT2D eigenvalue weighted by Crippen LogP contribution is -2.34. The van der Waals surface area contributed by atoms with E-state index in [1.54, 1.807) is 19.5 Å². The number of carbonyl (C=O) groups excluding carboxylic acids is 1. The Balaban J connectivity index is 1.49. The van der Waals surface area contributed by atoms with Gasteiger partial charge in [-0.05, 0) is 48.2 Å². The fourth-order valence-corrected chi connectivity index (χ4v) is 3.52. The molecule has 3 aromatic rings. The summed E-state index contributed by atoms with van der Waals surface area (Å²) >= 11 is 0. The monoisotopic (exact) mass is 373 g/mol. The molecule has 0 saturated heterocycles. The number of aromatic nitrogens is 2. The molecule has 1 aromatic heterocycles. The fraction of sp³-hybridized carbons (Fsp3) is 0.217. The highest BCUT2D eigenvalue weighted by molar-refractivity contribution is 5.92. The number of rotatable bonds is 4. The molecular formula is C23H23N3O2. The van der Waals surface area contributed by atoms with Gasteiger partial charge in [0, 0.05) is 25.4 Å². The second-order valence-electron chi connectivity index (χ2n) is 6.97. The van der Waals surface area contributed by atoms with Gasteiger partial charge in [-0.3, -0.25) is 4.79 Å². The van der Waals surface area contributed by atoms with Gasteiger partial charge in [-0.15, -0.1) is 0 Å². The molecule has 5 heteroatoms. The summed E-state index contributed by atoms with van der Waals surface area (Å²) in [7, 11) is 1.65. The maximum absolute atomic E-state index is 12.6. The van der Waals surface area contributed by atoms with Gasteiger partial charge in [0.25, 0.3) is 0 Å². The van der Waals surface area contributed by atoms with Crippen LogP contribution in [0.1, 0.15) is 22.4 Å². The van der Waals surface area contributed by atoms with E-state index in [1.165, 1.54) is 11.1 Å². The predicted octanol–water partition coefficient (Wildman–Crippen LogP) is 3.79. The summed E-state index contributed by atoms with van der Waals surface area (Å²) in [5.74, 6) is 0.765. The lowest BCUT2D eigenvalue weighted by Gasteiger charge is -2.27. The molecule has 28 heavy (non-hydrogen) atoms. The Morgan fingerprint density at radius 3 is 2.75 bits per heavy atom. The van der Waals surface area contributed by atoms with E-state index < -0.39 is 0 Å². The fourth-order valence-electron chi connectivity index (χ4n) is 3.52. The van der Waals surface area contributed by atoms with Crippen LogP contribution in [-0.2, 0) is 17.8 Å². The molecule has 0 N–H and O–H groups in total. The first-order chi connectivity index (χ1) is 13.6. The third-order valence-corrected chi connectivity index (χ3v) is 5.05. The van der Waals surface area contributed by atoms with Gasteiger partial charge >= 0.3 is 0 Å². The number of nitrogens with zero attached hydrogens (tertiary/aromatic N) is 3. The van der Waals surface area contributed by atoms with Crippen LogP contribution in [0.25, 0.3) is 11.8 Å². The summed E-state index contributed by atoms with van der Waals surface area (Å²) in [4.78, 5) is 18.8. The van der Waals surface area contributed by atoms with Gasteiger partial charge in [0.05, 0.1) is 24.8 Å². The number of hydrogen-bond acceptors (Lipinski definition) is 3. The topological polar surface area (TPSA) is 47.4 Å². The van der Waals surface area contributed by atoms with Gasteiger partial charge < -0.3 is 14.2 Å². The third kappa shape index (κ3) is 3.69. The van der Waals surface area contributed by atoms with Crippen LogP contribution in [0.5, 0.6) is 5.75 Å². The van der Waals surface area contributed by atoms with Gasteiger partial charge in [0.1, 0.15) is 5.75 Å². The zero-order chi connectivity index (χ0) is 19.5. The molecule has 1 aliphatic rings. The molecule has 1 amide bonds. The van der Waals surface area contributed by atoms with E-state index >= 15 is 0 Å². The van der Waals surface area contributed by atoms with Crippen LogP contribution in [-0.4, -0.2) is 34.0 Å². The lowest BCUT2D eigenvalue weighted by molar-refractivity contribution is -0.126. The van der Waals surface area contributed by atoms with Crippen molar-refractivity contribution in [2.75, 3.05) is 13.7 Å². The van der Waals surface area contributed by atoms with E-state index in [0.29, 0.717) is 6.54 Å². The highest BCUT2D eigenvalue weighted by Crippen LogP contribution is 2.25. The quantitative estimate of drug-likeness (QED) is 0.654. The highest BCUT2D eigenvalue weighted by Gasteiger charge is 2.18. The van der Waals surface area contributed by atoms with Gasteiger partial charge in [-0.1, -0.05) is 30.3 Å². The van der Waals surface area contributed by atoms with Crippen molar-refractivity contribution in [3.63, 3.8) is 0 Å². The van der Waals surface area contributed by atoms with Crippen LogP contribution in [0.4, 0.5) is 0 Å². The molecule has 1 aliphatic heterocycles. The number of benzene rings is 2. The summed E-state index contributed by atoms with van der Waals surface area (Å²) in [6.07, 6.45) is 8.10. The minimum atomic E-state index is 0.0304. The molecule has 0 saturated carbocycles. The molecule has 2 heterocycles. The Labute approximate surface area is 164 Å². The number of carbonyl (C=O) groups is 1. The van der Waals surface area contributed by atoms with E-state index in [0.717, 1.165) is 35.7 Å². The maximum atomic E-state index is 12.6. The second kappa shape index (κ2) is 7.72. The van der Waals surface area contributed by atoms with Crippen molar-refractivity contribution >= 4 is 12.0 Å². The van der Waals surface area contributed by atoms with Gasteiger partial charge in [-0.25, -0.2) is 4.98 Å². The highest BCUT2D eigenvalue weighted by atomic mass is 16.5. The number of fused-ring (bicyclic) bond motifs is 1. The SMILES string of the molecule is COc1cc(C=CC(=O)N2CCc3ccccc3C2)ccc1-n1cnc(C)c1. The molecule has 0 spiro atoms. The molecule has 0 bridgehead atoms. The molecular weight excluding hydrogens is 350 g/mol. The van der Waals surface area contributed by atoms with Crippen molar-refractivity contribution in [2.45, 2.75) is 19.9 Å². The molecule has 5 nitrogen and oxygen atoms in total. The lowest BCUT2D eigenvalue weighted by atomic mass is 10.00. The molecule has 0 unspecified atom stereocenters. The summed E-state index contributed by atoms with van der Waals surface area (Å²) in [5.41, 5.74) is 5.35. The Morgan fingerprint density at radius 2 is 2.00 bits per heavy atom. The van der Waals surface area contributed by atoms with Gasteiger partial charge in [-0.2, -0.15) is 0 Å². The summed E-state index contributed by atoms with van der Waals surface area (Å²) in [6, 6.07) is 14.2. The maximum Gasteiger partial charge on any atom is 0.246 e. The normalized spacial score (nSPS) is 13.6. The molecule has 142 valence electrons. The van der Waals surface area contributed by atoms with Crippen molar-refractivity contribution in [1.29, 1.82) is 0 Å². The minimum absolute atomic E-state index is 0.0304. The third-order valence-electron chi connectivity index (χ3n) is 5.05. The first-order valence-corrected chi connectivity index (χ1v) is 9.37. The van der Waals surface area contributed by atoms with Gasteiger partial charge in [0.2, 0.25) is 5.91 Å². The standard InChI is InChI=1S/C23H23N3O2/c1-17-14-26(16-24-17)21-9-7-18(13-22(21)28-2)8-10-23(27)25-12-11-19-5-3-4-6-20(19)15-25/h3-10,13-14,16H,11-12,15H2,1-2H3. The number of aryl methyl sites for hydroxylation is 1. The average molecular weight is 373 g/mol. The number of methoxy groups -OCH3 is 1. The summed E-state index contributed by atoms with van der Waals surface area (Å²) < 4.78 is 7.46. The minimum Gasteiger partial charge on any atom is -0.495 e. The van der Waals surface area contributed by atoms with Crippen molar-refractivity contribution in [3.05, 3.63) is 83.4 Å². The summed E-state index contributed by atoms with van der Waals surface area (Å²) in [5, 5.41) is 0. The number of hydrogen-bond donors (Lipinski definition) is 0. The van der Waals surface area contributed by atoms with Gasteiger partial charge in [0.15, 0.2) is 0 Å². The van der Waals surface area contributed by atoms with Crippen LogP contribution >= 0.6 is 0 Å².